The number of hydrogen-bond acceptors (Lipinski definition) is 8. The van der Waals surface area contributed by atoms with Gasteiger partial charge in [0.15, 0.2) is 0 Å². The van der Waals surface area contributed by atoms with Crippen LogP contribution in [-0.2, 0) is 9.53 Å². The van der Waals surface area contributed by atoms with E-state index in [1.807, 2.05) is 44.2 Å². The topological polar surface area (TPSA) is 122 Å². The third-order valence-corrected chi connectivity index (χ3v) is 7.43. The lowest BCUT2D eigenvalue weighted by molar-refractivity contribution is -0.384. The van der Waals surface area contributed by atoms with E-state index in [-0.39, 0.29) is 28.4 Å². The Morgan fingerprint density at radius 3 is 2.50 bits per heavy atom. The maximum absolute atomic E-state index is 13.0. The van der Waals surface area contributed by atoms with Crippen LogP contribution < -0.4 is 5.32 Å². The SMILES string of the molecule is CCOC(=O)c1c(NC(=O)C(C#N)=Cc2cc([N+](=O)[O-])ccc2Sc2ccc(C)cc2)sc(C)c1C. The molecule has 0 radical (unpaired) electrons. The Bertz CT molecular complexity index is 1400. The van der Waals surface area contributed by atoms with Crippen molar-refractivity contribution < 1.29 is 19.2 Å². The molecule has 184 valence electrons. The fourth-order valence-corrected chi connectivity index (χ4v) is 5.17. The number of nitrogens with zero attached hydrogens (tertiary/aromatic N) is 2. The van der Waals surface area contributed by atoms with Crippen molar-refractivity contribution in [3.63, 3.8) is 0 Å². The number of nitro benzene ring substituents is 1. The molecule has 0 spiro atoms. The van der Waals surface area contributed by atoms with Crippen molar-refractivity contribution in [3.8, 4) is 6.07 Å². The number of benzene rings is 2. The predicted molar refractivity (Wildman–Crippen MR) is 140 cm³/mol. The van der Waals surface area contributed by atoms with E-state index in [9.17, 15) is 25.0 Å². The zero-order chi connectivity index (χ0) is 26.4. The Kier molecular flexibility index (Phi) is 8.64. The summed E-state index contributed by atoms with van der Waals surface area (Å²) in [6, 6.07) is 13.9. The number of carbonyl (C=O) groups is 2. The van der Waals surface area contributed by atoms with Gasteiger partial charge in [-0.3, -0.25) is 14.9 Å². The zero-order valence-corrected chi connectivity index (χ0v) is 21.7. The number of esters is 1. The molecule has 0 saturated heterocycles. The van der Waals surface area contributed by atoms with Crippen LogP contribution in [0.1, 0.15) is 38.8 Å². The van der Waals surface area contributed by atoms with E-state index in [0.717, 1.165) is 15.3 Å². The monoisotopic (exact) mass is 521 g/mol. The van der Waals surface area contributed by atoms with Gasteiger partial charge in [0, 0.05) is 26.8 Å². The molecule has 2 aromatic carbocycles. The molecule has 10 heteroatoms. The molecule has 36 heavy (non-hydrogen) atoms. The number of rotatable bonds is 8. The summed E-state index contributed by atoms with van der Waals surface area (Å²) in [7, 11) is 0. The van der Waals surface area contributed by atoms with Gasteiger partial charge in [0.1, 0.15) is 16.6 Å². The minimum Gasteiger partial charge on any atom is -0.462 e. The maximum atomic E-state index is 13.0. The summed E-state index contributed by atoms with van der Waals surface area (Å²) in [4.78, 5) is 38.7. The largest absolute Gasteiger partial charge is 0.462 e. The van der Waals surface area contributed by atoms with Gasteiger partial charge in [0.25, 0.3) is 11.6 Å². The van der Waals surface area contributed by atoms with Crippen molar-refractivity contribution in [2.24, 2.45) is 0 Å². The van der Waals surface area contributed by atoms with Gasteiger partial charge in [-0.1, -0.05) is 29.5 Å². The first kappa shape index (κ1) is 26.7. The second-order valence-electron chi connectivity index (χ2n) is 7.73. The minimum absolute atomic E-state index is 0.165. The number of carbonyl (C=O) groups excluding carboxylic acids is 2. The second kappa shape index (κ2) is 11.7. The molecule has 0 saturated carbocycles. The van der Waals surface area contributed by atoms with Gasteiger partial charge >= 0.3 is 5.97 Å². The summed E-state index contributed by atoms with van der Waals surface area (Å²) >= 11 is 2.57. The molecule has 1 amide bonds. The molecule has 0 bridgehead atoms. The Balaban J connectivity index is 1.99. The molecule has 0 aliphatic heterocycles. The normalized spacial score (nSPS) is 11.0. The number of ether oxygens (including phenoxy) is 1. The number of amides is 1. The zero-order valence-electron chi connectivity index (χ0n) is 20.1. The molecular weight excluding hydrogens is 498 g/mol. The van der Waals surface area contributed by atoms with E-state index in [1.54, 1.807) is 19.9 Å². The van der Waals surface area contributed by atoms with E-state index in [2.05, 4.69) is 5.32 Å². The third kappa shape index (κ3) is 6.19. The van der Waals surface area contributed by atoms with Crippen molar-refractivity contribution >= 4 is 51.7 Å². The highest BCUT2D eigenvalue weighted by Crippen LogP contribution is 2.35. The van der Waals surface area contributed by atoms with Gasteiger partial charge in [-0.15, -0.1) is 11.3 Å². The highest BCUT2D eigenvalue weighted by Gasteiger charge is 2.23. The average Bonchev–Trinajstić information content (AvgIpc) is 3.12. The van der Waals surface area contributed by atoms with Gasteiger partial charge in [-0.2, -0.15) is 5.26 Å². The third-order valence-electron chi connectivity index (χ3n) is 5.21. The molecule has 1 heterocycles. The van der Waals surface area contributed by atoms with Crippen LogP contribution in [0.5, 0.6) is 0 Å². The molecule has 0 aliphatic rings. The van der Waals surface area contributed by atoms with Crippen molar-refractivity contribution in [1.29, 1.82) is 5.26 Å². The Morgan fingerprint density at radius 2 is 1.89 bits per heavy atom. The molecule has 3 aromatic rings. The molecule has 8 nitrogen and oxygen atoms in total. The summed E-state index contributed by atoms with van der Waals surface area (Å²) in [5.41, 5.74) is 1.95. The first-order chi connectivity index (χ1) is 17.1. The Morgan fingerprint density at radius 1 is 1.19 bits per heavy atom. The average molecular weight is 522 g/mol. The van der Waals surface area contributed by atoms with Crippen molar-refractivity contribution in [3.05, 3.63) is 85.3 Å². The van der Waals surface area contributed by atoms with Gasteiger partial charge in [0.2, 0.25) is 0 Å². The van der Waals surface area contributed by atoms with Crippen LogP contribution in [0.3, 0.4) is 0 Å². The fraction of sp³-hybridized carbons (Fsp3) is 0.192. The van der Waals surface area contributed by atoms with E-state index in [0.29, 0.717) is 16.0 Å². The van der Waals surface area contributed by atoms with E-state index in [1.165, 1.54) is 41.3 Å². The fourth-order valence-electron chi connectivity index (χ4n) is 3.23. The number of thiophene rings is 1. The van der Waals surface area contributed by atoms with Crippen LogP contribution in [0.4, 0.5) is 10.7 Å². The molecule has 0 fully saturated rings. The van der Waals surface area contributed by atoms with Crippen molar-refractivity contribution in [1.82, 2.24) is 0 Å². The van der Waals surface area contributed by atoms with Crippen LogP contribution in [0.2, 0.25) is 0 Å². The first-order valence-corrected chi connectivity index (χ1v) is 12.5. The molecule has 0 unspecified atom stereocenters. The predicted octanol–water partition coefficient (Wildman–Crippen LogP) is 6.46. The lowest BCUT2D eigenvalue weighted by Gasteiger charge is -2.09. The molecule has 1 aromatic heterocycles. The maximum Gasteiger partial charge on any atom is 0.341 e. The van der Waals surface area contributed by atoms with Gasteiger partial charge in [0.05, 0.1) is 17.1 Å². The number of aryl methyl sites for hydroxylation is 2. The Labute approximate surface area is 216 Å². The van der Waals surface area contributed by atoms with E-state index < -0.39 is 16.8 Å². The van der Waals surface area contributed by atoms with E-state index in [4.69, 9.17) is 4.74 Å². The van der Waals surface area contributed by atoms with Crippen LogP contribution in [0.25, 0.3) is 6.08 Å². The van der Waals surface area contributed by atoms with Gasteiger partial charge in [-0.25, -0.2) is 4.79 Å². The highest BCUT2D eigenvalue weighted by atomic mass is 32.2. The summed E-state index contributed by atoms with van der Waals surface area (Å²) in [5, 5.41) is 24.0. The highest BCUT2D eigenvalue weighted by molar-refractivity contribution is 7.99. The molecular formula is C26H23N3O5S2. The minimum atomic E-state index is -0.734. The number of nitrogens with one attached hydrogen (secondary N) is 1. The molecule has 0 atom stereocenters. The number of nitro groups is 1. The molecule has 1 N–H and O–H groups in total. The second-order valence-corrected chi connectivity index (χ2v) is 10.1. The molecule has 0 aliphatic carbocycles. The number of hydrogen-bond donors (Lipinski definition) is 1. The number of non-ortho nitro benzene ring substituents is 1. The summed E-state index contributed by atoms with van der Waals surface area (Å²) < 4.78 is 5.11. The van der Waals surface area contributed by atoms with Crippen LogP contribution in [0, 0.1) is 42.2 Å². The Hall–Kier alpha value is -3.94. The van der Waals surface area contributed by atoms with Crippen molar-refractivity contribution in [2.45, 2.75) is 37.5 Å². The number of anilines is 1. The summed E-state index contributed by atoms with van der Waals surface area (Å²) in [5.74, 6) is -1.30. The lowest BCUT2D eigenvalue weighted by Crippen LogP contribution is -2.16. The summed E-state index contributed by atoms with van der Waals surface area (Å²) in [6.45, 7) is 7.41. The van der Waals surface area contributed by atoms with Gasteiger partial charge < -0.3 is 10.1 Å². The molecule has 3 rings (SSSR count). The van der Waals surface area contributed by atoms with Crippen LogP contribution in [-0.4, -0.2) is 23.4 Å². The summed E-state index contributed by atoms with van der Waals surface area (Å²) in [6.07, 6.45) is 1.32. The van der Waals surface area contributed by atoms with Crippen LogP contribution in [0.15, 0.2) is 57.8 Å². The quantitative estimate of drug-likeness (QED) is 0.119. The number of nitriles is 1. The standard InChI is InChI=1S/C26H23N3O5S2/c1-5-34-26(31)23-16(3)17(4)35-25(23)28-24(30)19(14-27)12-18-13-20(29(32)33)8-11-22(18)36-21-9-6-15(2)7-10-21/h6-13H,5H2,1-4H3,(H,28,30). The van der Waals surface area contributed by atoms with Crippen molar-refractivity contribution in [2.75, 3.05) is 11.9 Å². The smallest absolute Gasteiger partial charge is 0.341 e. The van der Waals surface area contributed by atoms with Gasteiger partial charge in [-0.05, 0) is 63.1 Å². The van der Waals surface area contributed by atoms with E-state index >= 15 is 0 Å². The first-order valence-electron chi connectivity index (χ1n) is 10.9. The lowest BCUT2D eigenvalue weighted by atomic mass is 10.1. The van der Waals surface area contributed by atoms with Crippen LogP contribution >= 0.6 is 23.1 Å².